The molecule has 0 heterocycles. The molecule has 0 radical (unpaired) electrons. The van der Waals surface area contributed by atoms with Crippen LogP contribution in [0.15, 0.2) is 12.2 Å². The van der Waals surface area contributed by atoms with Gasteiger partial charge in [-0.3, -0.25) is 9.59 Å². The molecule has 74 valence electrons. The van der Waals surface area contributed by atoms with Gasteiger partial charge in [0.15, 0.2) is 0 Å². The van der Waals surface area contributed by atoms with Crippen LogP contribution in [0.3, 0.4) is 0 Å². The van der Waals surface area contributed by atoms with E-state index in [0.717, 1.165) is 5.57 Å². The highest BCUT2D eigenvalue weighted by Crippen LogP contribution is 1.99. The highest BCUT2D eigenvalue weighted by molar-refractivity contribution is 5.66. The molecular formula is C9H14O4. The van der Waals surface area contributed by atoms with Crippen molar-refractivity contribution in [3.63, 3.8) is 0 Å². The summed E-state index contributed by atoms with van der Waals surface area (Å²) in [6, 6.07) is 0. The summed E-state index contributed by atoms with van der Waals surface area (Å²) in [7, 11) is 0. The number of hydrogen-bond donors (Lipinski definition) is 0. The second-order valence-electron chi connectivity index (χ2n) is 2.62. The summed E-state index contributed by atoms with van der Waals surface area (Å²) < 4.78 is 9.36. The quantitative estimate of drug-likeness (QED) is 0.476. The van der Waals surface area contributed by atoms with E-state index < -0.39 is 0 Å². The van der Waals surface area contributed by atoms with Gasteiger partial charge in [0.1, 0.15) is 6.61 Å². The van der Waals surface area contributed by atoms with Crippen molar-refractivity contribution < 1.29 is 19.1 Å². The van der Waals surface area contributed by atoms with E-state index in [1.807, 2.05) is 0 Å². The van der Waals surface area contributed by atoms with Gasteiger partial charge in [0.25, 0.3) is 0 Å². The third-order valence-electron chi connectivity index (χ3n) is 1.24. The van der Waals surface area contributed by atoms with Crippen molar-refractivity contribution in [3.05, 3.63) is 12.2 Å². The third-order valence-corrected chi connectivity index (χ3v) is 1.24. The van der Waals surface area contributed by atoms with Gasteiger partial charge < -0.3 is 9.47 Å². The van der Waals surface area contributed by atoms with Gasteiger partial charge in [0, 0.05) is 20.3 Å². The van der Waals surface area contributed by atoms with Gasteiger partial charge in [0.2, 0.25) is 0 Å². The zero-order valence-electron chi connectivity index (χ0n) is 7.96. The SMILES string of the molecule is C=C(CCOC(C)=O)COC(C)=O. The average Bonchev–Trinajstić information content (AvgIpc) is 2.00. The molecule has 0 bridgehead atoms. The van der Waals surface area contributed by atoms with Crippen LogP contribution >= 0.6 is 0 Å². The first kappa shape index (κ1) is 11.7. The van der Waals surface area contributed by atoms with Crippen molar-refractivity contribution in [2.75, 3.05) is 13.2 Å². The fourth-order valence-corrected chi connectivity index (χ4v) is 0.615. The molecule has 0 amide bonds. The summed E-state index contributed by atoms with van der Waals surface area (Å²) >= 11 is 0. The molecule has 0 spiro atoms. The minimum Gasteiger partial charge on any atom is -0.466 e. The fraction of sp³-hybridized carbons (Fsp3) is 0.556. The lowest BCUT2D eigenvalue weighted by atomic mass is 10.2. The van der Waals surface area contributed by atoms with E-state index in [9.17, 15) is 9.59 Å². The molecule has 0 atom stereocenters. The van der Waals surface area contributed by atoms with Crippen LogP contribution in [0.4, 0.5) is 0 Å². The molecule has 0 rings (SSSR count). The summed E-state index contributed by atoms with van der Waals surface area (Å²) in [5.41, 5.74) is 0.733. The van der Waals surface area contributed by atoms with Gasteiger partial charge >= 0.3 is 11.9 Å². The highest BCUT2D eigenvalue weighted by atomic mass is 16.5. The molecule has 0 aromatic heterocycles. The minimum atomic E-state index is -0.339. The van der Waals surface area contributed by atoms with Gasteiger partial charge in [-0.25, -0.2) is 0 Å². The molecule has 0 saturated carbocycles. The highest BCUT2D eigenvalue weighted by Gasteiger charge is 1.99. The molecule has 4 heteroatoms. The van der Waals surface area contributed by atoms with Crippen molar-refractivity contribution in [2.24, 2.45) is 0 Å². The Morgan fingerprint density at radius 2 is 1.69 bits per heavy atom. The molecule has 0 saturated heterocycles. The van der Waals surface area contributed by atoms with Crippen LogP contribution in [0.25, 0.3) is 0 Å². The van der Waals surface area contributed by atoms with E-state index in [0.29, 0.717) is 6.42 Å². The van der Waals surface area contributed by atoms with Crippen molar-refractivity contribution >= 4 is 11.9 Å². The van der Waals surface area contributed by atoms with Gasteiger partial charge in [-0.05, 0) is 5.57 Å². The van der Waals surface area contributed by atoms with Gasteiger partial charge in [-0.15, -0.1) is 0 Å². The molecule has 0 aromatic rings. The molecule has 0 fully saturated rings. The largest absolute Gasteiger partial charge is 0.466 e. The Kier molecular flexibility index (Phi) is 5.59. The number of rotatable bonds is 5. The molecular weight excluding hydrogens is 172 g/mol. The summed E-state index contributed by atoms with van der Waals surface area (Å²) in [6.45, 7) is 6.81. The normalized spacial score (nSPS) is 9.08. The molecule has 0 N–H and O–H groups in total. The maximum absolute atomic E-state index is 10.4. The number of esters is 2. The second kappa shape index (κ2) is 6.22. The first-order valence-corrected chi connectivity index (χ1v) is 3.95. The van der Waals surface area contributed by atoms with Crippen molar-refractivity contribution in [2.45, 2.75) is 20.3 Å². The summed E-state index contributed by atoms with van der Waals surface area (Å²) in [5, 5.41) is 0. The van der Waals surface area contributed by atoms with E-state index >= 15 is 0 Å². The molecule has 0 aromatic carbocycles. The lowest BCUT2D eigenvalue weighted by Gasteiger charge is -2.05. The molecule has 0 unspecified atom stereocenters. The Balaban J connectivity index is 3.41. The average molecular weight is 186 g/mol. The predicted molar refractivity (Wildman–Crippen MR) is 47.0 cm³/mol. The number of hydrogen-bond acceptors (Lipinski definition) is 4. The van der Waals surface area contributed by atoms with Crippen LogP contribution in [-0.2, 0) is 19.1 Å². The zero-order chi connectivity index (χ0) is 10.3. The Hall–Kier alpha value is -1.32. The fourth-order valence-electron chi connectivity index (χ4n) is 0.615. The molecule has 0 aliphatic heterocycles. The molecule has 0 aliphatic rings. The van der Waals surface area contributed by atoms with Gasteiger partial charge in [-0.2, -0.15) is 0 Å². The molecule has 0 aliphatic carbocycles. The maximum atomic E-state index is 10.4. The topological polar surface area (TPSA) is 52.6 Å². The van der Waals surface area contributed by atoms with E-state index in [2.05, 4.69) is 16.1 Å². The van der Waals surface area contributed by atoms with E-state index in [1.54, 1.807) is 0 Å². The zero-order valence-corrected chi connectivity index (χ0v) is 7.96. The maximum Gasteiger partial charge on any atom is 0.302 e. The van der Waals surface area contributed by atoms with Crippen molar-refractivity contribution in [3.8, 4) is 0 Å². The van der Waals surface area contributed by atoms with Crippen LogP contribution in [0, 0.1) is 0 Å². The van der Waals surface area contributed by atoms with Crippen molar-refractivity contribution in [1.82, 2.24) is 0 Å². The minimum absolute atomic E-state index is 0.191. The van der Waals surface area contributed by atoms with E-state index in [-0.39, 0.29) is 25.2 Å². The van der Waals surface area contributed by atoms with E-state index in [1.165, 1.54) is 13.8 Å². The number of carbonyl (C=O) groups is 2. The predicted octanol–water partition coefficient (Wildman–Crippen LogP) is 1.06. The van der Waals surface area contributed by atoms with Gasteiger partial charge in [0.05, 0.1) is 6.61 Å². The van der Waals surface area contributed by atoms with Gasteiger partial charge in [-0.1, -0.05) is 6.58 Å². The Bertz CT molecular complexity index is 208. The van der Waals surface area contributed by atoms with Crippen molar-refractivity contribution in [1.29, 1.82) is 0 Å². The molecule has 4 nitrogen and oxygen atoms in total. The van der Waals surface area contributed by atoms with Crippen LogP contribution < -0.4 is 0 Å². The third kappa shape index (κ3) is 8.59. The lowest BCUT2D eigenvalue weighted by molar-refractivity contribution is -0.142. The van der Waals surface area contributed by atoms with Crippen LogP contribution in [0.2, 0.25) is 0 Å². The Labute approximate surface area is 77.5 Å². The summed E-state index contributed by atoms with van der Waals surface area (Å²) in [5.74, 6) is -0.658. The van der Waals surface area contributed by atoms with Crippen LogP contribution in [0.1, 0.15) is 20.3 Å². The number of carbonyl (C=O) groups excluding carboxylic acids is 2. The van der Waals surface area contributed by atoms with Crippen LogP contribution in [0.5, 0.6) is 0 Å². The van der Waals surface area contributed by atoms with Crippen LogP contribution in [-0.4, -0.2) is 25.2 Å². The first-order valence-electron chi connectivity index (χ1n) is 3.95. The first-order chi connectivity index (χ1) is 6.02. The Morgan fingerprint density at radius 1 is 1.15 bits per heavy atom. The monoisotopic (exact) mass is 186 g/mol. The van der Waals surface area contributed by atoms with E-state index in [4.69, 9.17) is 0 Å². The Morgan fingerprint density at radius 3 is 2.15 bits per heavy atom. The second-order valence-corrected chi connectivity index (χ2v) is 2.62. The summed E-state index contributed by atoms with van der Waals surface area (Å²) in [6.07, 6.45) is 0.521. The molecule has 13 heavy (non-hydrogen) atoms. The standard InChI is InChI=1S/C9H14O4/c1-7(6-13-9(3)11)4-5-12-8(2)10/h1,4-6H2,2-3H3. The smallest absolute Gasteiger partial charge is 0.302 e. The summed E-state index contributed by atoms with van der Waals surface area (Å²) in [4.78, 5) is 20.7. The lowest BCUT2D eigenvalue weighted by Crippen LogP contribution is -2.06. The number of ether oxygens (including phenoxy) is 2.